The summed E-state index contributed by atoms with van der Waals surface area (Å²) >= 11 is 5.95. The maximum Gasteiger partial charge on any atom is 0.191 e. The normalized spacial score (nSPS) is 12.6. The van der Waals surface area contributed by atoms with Crippen LogP contribution in [0.15, 0.2) is 53.7 Å². The molecule has 1 aromatic carbocycles. The number of rotatable bonds is 6. The SMILES string of the molecule is CN=C(NCc1ccccn1)NCC(C)Oc1cccc(Cl)c1. The molecule has 0 aliphatic rings. The molecule has 6 heteroatoms. The van der Waals surface area contributed by atoms with Crippen molar-refractivity contribution in [1.82, 2.24) is 15.6 Å². The highest BCUT2D eigenvalue weighted by Gasteiger charge is 2.06. The van der Waals surface area contributed by atoms with Gasteiger partial charge in [-0.2, -0.15) is 0 Å². The lowest BCUT2D eigenvalue weighted by atomic mass is 10.3. The molecule has 122 valence electrons. The molecule has 1 atom stereocenters. The molecule has 0 amide bonds. The number of halogens is 1. The fraction of sp³-hybridized carbons (Fsp3) is 0.294. The van der Waals surface area contributed by atoms with Gasteiger partial charge in [0.25, 0.3) is 0 Å². The first kappa shape index (κ1) is 17.1. The Morgan fingerprint density at radius 3 is 2.83 bits per heavy atom. The van der Waals surface area contributed by atoms with Gasteiger partial charge in [0, 0.05) is 18.3 Å². The van der Waals surface area contributed by atoms with E-state index < -0.39 is 0 Å². The van der Waals surface area contributed by atoms with E-state index in [0.29, 0.717) is 24.1 Å². The molecule has 5 nitrogen and oxygen atoms in total. The van der Waals surface area contributed by atoms with Gasteiger partial charge >= 0.3 is 0 Å². The maximum atomic E-state index is 5.95. The van der Waals surface area contributed by atoms with E-state index in [1.165, 1.54) is 0 Å². The molecule has 0 saturated heterocycles. The fourth-order valence-corrected chi connectivity index (χ4v) is 2.13. The summed E-state index contributed by atoms with van der Waals surface area (Å²) in [4.78, 5) is 8.45. The molecular weight excluding hydrogens is 312 g/mol. The quantitative estimate of drug-likeness (QED) is 0.631. The number of aliphatic imine (C=N–C) groups is 1. The number of pyridine rings is 1. The van der Waals surface area contributed by atoms with Crippen molar-refractivity contribution in [2.24, 2.45) is 4.99 Å². The maximum absolute atomic E-state index is 5.95. The van der Waals surface area contributed by atoms with E-state index in [2.05, 4.69) is 20.6 Å². The minimum atomic E-state index is -0.0260. The molecular formula is C17H21ClN4O. The molecule has 2 N–H and O–H groups in total. The van der Waals surface area contributed by atoms with Gasteiger partial charge in [-0.3, -0.25) is 9.98 Å². The zero-order valence-corrected chi connectivity index (χ0v) is 14.0. The van der Waals surface area contributed by atoms with E-state index in [1.807, 2.05) is 43.3 Å². The van der Waals surface area contributed by atoms with Crippen LogP contribution in [0.1, 0.15) is 12.6 Å². The van der Waals surface area contributed by atoms with Gasteiger partial charge < -0.3 is 15.4 Å². The first-order valence-electron chi connectivity index (χ1n) is 7.44. The second-order valence-corrected chi connectivity index (χ2v) is 5.45. The third kappa shape index (κ3) is 6.16. The zero-order valence-electron chi connectivity index (χ0n) is 13.3. The monoisotopic (exact) mass is 332 g/mol. The van der Waals surface area contributed by atoms with Crippen molar-refractivity contribution in [2.45, 2.75) is 19.6 Å². The van der Waals surface area contributed by atoms with Crippen molar-refractivity contribution in [1.29, 1.82) is 0 Å². The summed E-state index contributed by atoms with van der Waals surface area (Å²) in [5.41, 5.74) is 0.957. The molecule has 0 fully saturated rings. The van der Waals surface area contributed by atoms with Crippen LogP contribution in [0, 0.1) is 0 Å². The van der Waals surface area contributed by atoms with Crippen LogP contribution in [0.4, 0.5) is 0 Å². The fourth-order valence-electron chi connectivity index (χ4n) is 1.95. The third-order valence-corrected chi connectivity index (χ3v) is 3.31. The lowest BCUT2D eigenvalue weighted by Crippen LogP contribution is -2.41. The molecule has 1 heterocycles. The van der Waals surface area contributed by atoms with Gasteiger partial charge in [-0.1, -0.05) is 23.7 Å². The largest absolute Gasteiger partial charge is 0.489 e. The Labute approximate surface area is 141 Å². The Kier molecular flexibility index (Phi) is 6.69. The molecule has 0 radical (unpaired) electrons. The predicted molar refractivity (Wildman–Crippen MR) is 94.0 cm³/mol. The summed E-state index contributed by atoms with van der Waals surface area (Å²) in [6, 6.07) is 13.2. The minimum absolute atomic E-state index is 0.0260. The lowest BCUT2D eigenvalue weighted by molar-refractivity contribution is 0.224. The number of guanidine groups is 1. The average Bonchev–Trinajstić information content (AvgIpc) is 2.56. The molecule has 2 rings (SSSR count). The van der Waals surface area contributed by atoms with Crippen LogP contribution in [0.25, 0.3) is 0 Å². The summed E-state index contributed by atoms with van der Waals surface area (Å²) in [5, 5.41) is 7.10. The Morgan fingerprint density at radius 2 is 2.13 bits per heavy atom. The van der Waals surface area contributed by atoms with Crippen LogP contribution in [0.2, 0.25) is 5.02 Å². The Morgan fingerprint density at radius 1 is 1.26 bits per heavy atom. The average molecular weight is 333 g/mol. The van der Waals surface area contributed by atoms with Crippen LogP contribution in [0.3, 0.4) is 0 Å². The standard InChI is InChI=1S/C17H21ClN4O/c1-13(23-16-8-5-6-14(18)10-16)11-21-17(19-2)22-12-15-7-3-4-9-20-15/h3-10,13H,11-12H2,1-2H3,(H2,19,21,22). The summed E-state index contributed by atoms with van der Waals surface area (Å²) in [6.45, 7) is 3.22. The molecule has 1 unspecified atom stereocenters. The smallest absolute Gasteiger partial charge is 0.191 e. The van der Waals surface area contributed by atoms with Gasteiger partial charge in [0.05, 0.1) is 18.8 Å². The number of hydrogen-bond acceptors (Lipinski definition) is 3. The van der Waals surface area contributed by atoms with Gasteiger partial charge in [-0.15, -0.1) is 0 Å². The van der Waals surface area contributed by atoms with Crippen LogP contribution in [-0.2, 0) is 6.54 Å². The highest BCUT2D eigenvalue weighted by Crippen LogP contribution is 2.18. The van der Waals surface area contributed by atoms with Crippen molar-refractivity contribution in [3.63, 3.8) is 0 Å². The first-order chi connectivity index (χ1) is 11.2. The molecule has 1 aromatic heterocycles. The minimum Gasteiger partial charge on any atom is -0.489 e. The Hall–Kier alpha value is -2.27. The summed E-state index contributed by atoms with van der Waals surface area (Å²) in [5.74, 6) is 1.46. The van der Waals surface area contributed by atoms with E-state index in [1.54, 1.807) is 19.3 Å². The van der Waals surface area contributed by atoms with Gasteiger partial charge in [0.15, 0.2) is 5.96 Å². The van der Waals surface area contributed by atoms with Gasteiger partial charge in [0.1, 0.15) is 11.9 Å². The first-order valence-corrected chi connectivity index (χ1v) is 7.82. The molecule has 0 spiro atoms. The van der Waals surface area contributed by atoms with Crippen molar-refractivity contribution < 1.29 is 4.74 Å². The topological polar surface area (TPSA) is 58.5 Å². The number of nitrogens with one attached hydrogen (secondary N) is 2. The zero-order chi connectivity index (χ0) is 16.5. The second kappa shape index (κ2) is 9.00. The molecule has 0 saturated carbocycles. The Bertz CT molecular complexity index is 634. The van der Waals surface area contributed by atoms with E-state index >= 15 is 0 Å². The van der Waals surface area contributed by atoms with Crippen molar-refractivity contribution >= 4 is 17.6 Å². The van der Waals surface area contributed by atoms with Crippen molar-refractivity contribution in [3.05, 3.63) is 59.4 Å². The van der Waals surface area contributed by atoms with Crippen LogP contribution in [-0.4, -0.2) is 30.6 Å². The van der Waals surface area contributed by atoms with Gasteiger partial charge in [0.2, 0.25) is 0 Å². The van der Waals surface area contributed by atoms with E-state index in [0.717, 1.165) is 11.4 Å². The molecule has 23 heavy (non-hydrogen) atoms. The summed E-state index contributed by atoms with van der Waals surface area (Å²) in [7, 11) is 1.73. The number of benzene rings is 1. The molecule has 0 aliphatic heterocycles. The van der Waals surface area contributed by atoms with Crippen LogP contribution < -0.4 is 15.4 Å². The molecule has 0 aliphatic carbocycles. The Balaban J connectivity index is 1.76. The van der Waals surface area contributed by atoms with E-state index in [-0.39, 0.29) is 6.10 Å². The van der Waals surface area contributed by atoms with Crippen LogP contribution in [0.5, 0.6) is 5.75 Å². The van der Waals surface area contributed by atoms with Crippen LogP contribution >= 0.6 is 11.6 Å². The summed E-state index contributed by atoms with van der Waals surface area (Å²) in [6.07, 6.45) is 1.75. The predicted octanol–water partition coefficient (Wildman–Crippen LogP) is 2.87. The number of aromatic nitrogens is 1. The van der Waals surface area contributed by atoms with E-state index in [9.17, 15) is 0 Å². The van der Waals surface area contributed by atoms with E-state index in [4.69, 9.17) is 16.3 Å². The second-order valence-electron chi connectivity index (χ2n) is 5.01. The number of hydrogen-bond donors (Lipinski definition) is 2. The van der Waals surface area contributed by atoms with Gasteiger partial charge in [-0.05, 0) is 37.3 Å². The van der Waals surface area contributed by atoms with Crippen molar-refractivity contribution in [3.8, 4) is 5.75 Å². The van der Waals surface area contributed by atoms with Gasteiger partial charge in [-0.25, -0.2) is 0 Å². The molecule has 2 aromatic rings. The highest BCUT2D eigenvalue weighted by molar-refractivity contribution is 6.30. The third-order valence-electron chi connectivity index (χ3n) is 3.08. The number of nitrogens with zero attached hydrogens (tertiary/aromatic N) is 2. The highest BCUT2D eigenvalue weighted by atomic mass is 35.5. The summed E-state index contributed by atoms with van der Waals surface area (Å²) < 4.78 is 5.81. The van der Waals surface area contributed by atoms with Crippen molar-refractivity contribution in [2.75, 3.05) is 13.6 Å². The lowest BCUT2D eigenvalue weighted by Gasteiger charge is -2.17. The molecule has 0 bridgehead atoms. The number of ether oxygens (including phenoxy) is 1.